The van der Waals surface area contributed by atoms with Gasteiger partial charge in [0, 0.05) is 38.9 Å². The number of hydrogen-bond acceptors (Lipinski definition) is 1. The first-order valence-electron chi connectivity index (χ1n) is 25.6. The minimum absolute atomic E-state index is 0.511. The third-order valence-electron chi connectivity index (χ3n) is 15.1. The molecule has 2 nitrogen and oxygen atoms in total. The molecule has 0 amide bonds. The maximum Gasteiger partial charge on any atom is 0.0541 e. The van der Waals surface area contributed by atoms with Gasteiger partial charge >= 0.3 is 0 Å². The summed E-state index contributed by atoms with van der Waals surface area (Å²) in [6.45, 7) is 4.67. The molecule has 0 N–H and O–H groups in total. The molecule has 0 fully saturated rings. The van der Waals surface area contributed by atoms with Gasteiger partial charge < -0.3 is 9.47 Å². The van der Waals surface area contributed by atoms with E-state index in [1.165, 1.54) is 71.5 Å². The molecule has 0 atom stereocenters. The molecule has 13 rings (SSSR count). The van der Waals surface area contributed by atoms with Crippen LogP contribution < -0.4 is 4.90 Å². The fourth-order valence-electron chi connectivity index (χ4n) is 11.5. The summed E-state index contributed by atoms with van der Waals surface area (Å²) < 4.78 is 2.40. The maximum atomic E-state index is 4.67. The molecule has 1 heterocycles. The first kappa shape index (κ1) is 44.4. The summed E-state index contributed by atoms with van der Waals surface area (Å²) in [6.07, 6.45) is 9.52. The minimum atomic E-state index is -0.511. The first-order chi connectivity index (χ1) is 36.6. The molecule has 350 valence electrons. The van der Waals surface area contributed by atoms with Gasteiger partial charge in [0.15, 0.2) is 0 Å². The number of anilines is 3. The van der Waals surface area contributed by atoms with Crippen LogP contribution in [0.4, 0.5) is 17.1 Å². The SMILES string of the molecule is C=C1/C=C\C=C/CC(c2ccccc2)(c2ccccc2)c2cc(N(c3cccc(-c4cccc(-c5ccc6c(c5)c5ccccc5n6-c5ccc(-c6ccccc6)cc5)c4)c3)c3ccc4ccccc4c3)ccc21. The van der Waals surface area contributed by atoms with Crippen LogP contribution in [0.25, 0.3) is 77.2 Å². The Kier molecular flexibility index (Phi) is 11.4. The average molecular weight is 945 g/mol. The van der Waals surface area contributed by atoms with Gasteiger partial charge in [-0.3, -0.25) is 0 Å². The molecule has 0 unspecified atom stereocenters. The summed E-state index contributed by atoms with van der Waals surface area (Å²) in [7, 11) is 0. The Hall–Kier alpha value is -9.50. The quantitative estimate of drug-likeness (QED) is 0.140. The first-order valence-corrected chi connectivity index (χ1v) is 25.6. The predicted octanol–water partition coefficient (Wildman–Crippen LogP) is 19.3. The van der Waals surface area contributed by atoms with Crippen molar-refractivity contribution in [2.24, 2.45) is 0 Å². The smallest absolute Gasteiger partial charge is 0.0541 e. The van der Waals surface area contributed by atoms with Gasteiger partial charge in [0.05, 0.1) is 11.0 Å². The van der Waals surface area contributed by atoms with Gasteiger partial charge in [0.2, 0.25) is 0 Å². The lowest BCUT2D eigenvalue weighted by Gasteiger charge is -2.38. The zero-order valence-electron chi connectivity index (χ0n) is 41.0. The molecule has 1 aliphatic rings. The lowest BCUT2D eigenvalue weighted by Crippen LogP contribution is -2.30. The van der Waals surface area contributed by atoms with Crippen LogP contribution in [0.3, 0.4) is 0 Å². The van der Waals surface area contributed by atoms with Crippen molar-refractivity contribution in [2.75, 3.05) is 4.90 Å². The van der Waals surface area contributed by atoms with Crippen LogP contribution in [0.2, 0.25) is 0 Å². The lowest BCUT2D eigenvalue weighted by atomic mass is 9.65. The van der Waals surface area contributed by atoms with E-state index in [1.54, 1.807) is 0 Å². The van der Waals surface area contributed by atoms with Crippen molar-refractivity contribution in [2.45, 2.75) is 11.8 Å². The van der Waals surface area contributed by atoms with Crippen LogP contribution in [0, 0.1) is 0 Å². The highest BCUT2D eigenvalue weighted by atomic mass is 15.1. The second kappa shape index (κ2) is 18.9. The summed E-state index contributed by atoms with van der Waals surface area (Å²) in [5.41, 5.74) is 19.1. The Labute approximate surface area is 433 Å². The van der Waals surface area contributed by atoms with Crippen molar-refractivity contribution < 1.29 is 0 Å². The van der Waals surface area contributed by atoms with Crippen molar-refractivity contribution >= 4 is 55.2 Å². The molecule has 0 bridgehead atoms. The van der Waals surface area contributed by atoms with Crippen molar-refractivity contribution in [1.29, 1.82) is 0 Å². The Morgan fingerprint density at radius 3 is 1.69 bits per heavy atom. The van der Waals surface area contributed by atoms with Crippen molar-refractivity contribution in [1.82, 2.24) is 4.57 Å². The van der Waals surface area contributed by atoms with Gasteiger partial charge in [0.1, 0.15) is 0 Å². The molecule has 1 aromatic heterocycles. The summed E-state index contributed by atoms with van der Waals surface area (Å²) in [4.78, 5) is 2.43. The monoisotopic (exact) mass is 944 g/mol. The standard InChI is InChI=1S/C72H52N2/c1-51-20-6-5-17-45-72(60-28-9-3-10-29-60,61-30-11-4-12-31-61)69-50-65(42-43-66(51)69)73(64-41-37-53-23-13-14-24-57(53)47-64)63-32-19-27-58(48-63)55-25-18-26-56(46-55)59-38-44-71-68(49-59)67-33-15-16-34-70(67)74(71)62-39-35-54(36-40-62)52-21-7-2-8-22-52/h2-44,46-50H,1,45H2/b17-5-,20-6-. The number of rotatable bonds is 9. The van der Waals surface area contributed by atoms with Gasteiger partial charge in [0.25, 0.3) is 0 Å². The van der Waals surface area contributed by atoms with E-state index < -0.39 is 5.41 Å². The Balaban J connectivity index is 0.930. The van der Waals surface area contributed by atoms with E-state index in [1.807, 2.05) is 0 Å². The Morgan fingerprint density at radius 1 is 0.378 bits per heavy atom. The maximum absolute atomic E-state index is 4.67. The van der Waals surface area contributed by atoms with E-state index in [0.717, 1.165) is 51.4 Å². The van der Waals surface area contributed by atoms with Gasteiger partial charge in [-0.05, 0) is 151 Å². The average Bonchev–Trinajstić information content (AvgIpc) is 3.86. The molecular weight excluding hydrogens is 893 g/mol. The fraction of sp³-hybridized carbons (Fsp3) is 0.0278. The summed E-state index contributed by atoms with van der Waals surface area (Å²) >= 11 is 0. The molecule has 74 heavy (non-hydrogen) atoms. The van der Waals surface area contributed by atoms with Gasteiger partial charge in [-0.15, -0.1) is 0 Å². The van der Waals surface area contributed by atoms with Crippen LogP contribution in [-0.4, -0.2) is 4.57 Å². The second-order valence-electron chi connectivity index (χ2n) is 19.4. The van der Waals surface area contributed by atoms with Gasteiger partial charge in [-0.2, -0.15) is 0 Å². The number of para-hydroxylation sites is 1. The van der Waals surface area contributed by atoms with E-state index >= 15 is 0 Å². The summed E-state index contributed by atoms with van der Waals surface area (Å²) in [5, 5.41) is 4.86. The van der Waals surface area contributed by atoms with E-state index in [-0.39, 0.29) is 0 Å². The molecule has 0 saturated carbocycles. The summed E-state index contributed by atoms with van der Waals surface area (Å²) in [6, 6.07) is 97.8. The highest BCUT2D eigenvalue weighted by Gasteiger charge is 2.38. The fourth-order valence-corrected chi connectivity index (χ4v) is 11.5. The molecule has 12 aromatic rings. The number of benzene rings is 11. The summed E-state index contributed by atoms with van der Waals surface area (Å²) in [5.74, 6) is 0. The van der Waals surface area contributed by atoms with E-state index in [0.29, 0.717) is 0 Å². The molecule has 1 aliphatic carbocycles. The van der Waals surface area contributed by atoms with Crippen LogP contribution in [0.5, 0.6) is 0 Å². The van der Waals surface area contributed by atoms with Gasteiger partial charge in [-0.1, -0.05) is 225 Å². The molecule has 0 saturated heterocycles. The van der Waals surface area contributed by atoms with Crippen molar-refractivity contribution in [3.63, 3.8) is 0 Å². The number of hydrogen-bond donors (Lipinski definition) is 0. The predicted molar refractivity (Wildman–Crippen MR) is 314 cm³/mol. The topological polar surface area (TPSA) is 8.17 Å². The molecule has 0 radical (unpaired) electrons. The van der Waals surface area contributed by atoms with Crippen LogP contribution in [0.15, 0.2) is 298 Å². The lowest BCUT2D eigenvalue weighted by molar-refractivity contribution is 0.626. The number of allylic oxidation sites excluding steroid dienone is 5. The molecule has 0 spiro atoms. The van der Waals surface area contributed by atoms with Crippen LogP contribution >= 0.6 is 0 Å². The van der Waals surface area contributed by atoms with Crippen LogP contribution in [-0.2, 0) is 5.41 Å². The van der Waals surface area contributed by atoms with Gasteiger partial charge in [-0.25, -0.2) is 0 Å². The zero-order valence-corrected chi connectivity index (χ0v) is 41.0. The third kappa shape index (κ3) is 7.94. The molecule has 0 aliphatic heterocycles. The van der Waals surface area contributed by atoms with E-state index in [4.69, 9.17) is 0 Å². The van der Waals surface area contributed by atoms with E-state index in [9.17, 15) is 0 Å². The zero-order chi connectivity index (χ0) is 49.4. The number of nitrogens with zero attached hydrogens (tertiary/aromatic N) is 2. The second-order valence-corrected chi connectivity index (χ2v) is 19.4. The van der Waals surface area contributed by atoms with Crippen molar-refractivity contribution in [3.8, 4) is 39.1 Å². The molecule has 2 heteroatoms. The van der Waals surface area contributed by atoms with Crippen molar-refractivity contribution in [3.05, 3.63) is 320 Å². The third-order valence-corrected chi connectivity index (χ3v) is 15.1. The Morgan fingerprint density at radius 2 is 0.932 bits per heavy atom. The highest BCUT2D eigenvalue weighted by molar-refractivity contribution is 6.10. The Bertz CT molecular complexity index is 4060. The molecule has 11 aromatic carbocycles. The normalized spacial score (nSPS) is 14.0. The highest BCUT2D eigenvalue weighted by Crippen LogP contribution is 2.49. The van der Waals surface area contributed by atoms with E-state index in [2.05, 4.69) is 307 Å². The molecular formula is C72H52N2. The number of fused-ring (bicyclic) bond motifs is 5. The van der Waals surface area contributed by atoms with Crippen LogP contribution in [0.1, 0.15) is 28.7 Å². The largest absolute Gasteiger partial charge is 0.310 e. The number of aromatic nitrogens is 1. The minimum Gasteiger partial charge on any atom is -0.310 e.